The van der Waals surface area contributed by atoms with E-state index in [0.717, 1.165) is 0 Å². The minimum absolute atomic E-state index is 0.0143. The second kappa shape index (κ2) is 11.5. The van der Waals surface area contributed by atoms with Crippen LogP contribution in [-0.4, -0.2) is 33.2 Å². The number of esters is 3. The van der Waals surface area contributed by atoms with Crippen molar-refractivity contribution in [3.63, 3.8) is 0 Å². The maximum Gasteiger partial charge on any atom is 0.343 e. The fraction of sp³-hybridized carbons (Fsp3) is 0. The average molecular weight is 587 g/mol. The predicted molar refractivity (Wildman–Crippen MR) is 161 cm³/mol. The molecule has 0 unspecified atom stereocenters. The molecule has 0 aliphatic heterocycles. The summed E-state index contributed by atoms with van der Waals surface area (Å²) in [6, 6.07) is 28.4. The van der Waals surface area contributed by atoms with Crippen LogP contribution in [0.3, 0.4) is 0 Å². The number of aromatic hydroxyl groups is 3. The minimum atomic E-state index is -0.800. The lowest BCUT2D eigenvalue weighted by Gasteiger charge is -2.17. The van der Waals surface area contributed by atoms with Crippen molar-refractivity contribution in [2.75, 3.05) is 0 Å². The number of phenolic OH excluding ortho intramolecular Hbond substituents is 3. The predicted octanol–water partition coefficient (Wildman–Crippen LogP) is 6.77. The Bertz CT molecular complexity index is 2100. The fourth-order valence-electron chi connectivity index (χ4n) is 4.74. The standard InChI is InChI=1S/C35H22O9/c36-24-10-1-7-21(16-24)33(39)42-29-14-5-13-27-28(29)19-20-6-4-15-30(43-34(40)22-8-2-11-25(37)17-22)31(20)32(27)44-35(41)23-9-3-12-26(38)18-23/h1-19,36-38H. The van der Waals surface area contributed by atoms with Crippen LogP contribution in [0.5, 0.6) is 34.5 Å². The Labute approximate surface area is 249 Å². The van der Waals surface area contributed by atoms with Crippen molar-refractivity contribution in [1.29, 1.82) is 0 Å². The molecule has 0 amide bonds. The first-order chi connectivity index (χ1) is 21.3. The van der Waals surface area contributed by atoms with Gasteiger partial charge < -0.3 is 29.5 Å². The molecule has 6 rings (SSSR count). The van der Waals surface area contributed by atoms with Crippen LogP contribution in [0, 0.1) is 0 Å². The number of rotatable bonds is 6. The number of ether oxygens (including phenoxy) is 3. The number of carbonyl (C=O) groups is 3. The van der Waals surface area contributed by atoms with E-state index in [9.17, 15) is 29.7 Å². The molecular weight excluding hydrogens is 564 g/mol. The van der Waals surface area contributed by atoms with Gasteiger partial charge >= 0.3 is 17.9 Å². The van der Waals surface area contributed by atoms with Crippen LogP contribution in [-0.2, 0) is 0 Å². The molecule has 44 heavy (non-hydrogen) atoms. The van der Waals surface area contributed by atoms with Gasteiger partial charge in [0.05, 0.1) is 22.1 Å². The van der Waals surface area contributed by atoms with Crippen molar-refractivity contribution in [1.82, 2.24) is 0 Å². The van der Waals surface area contributed by atoms with Crippen LogP contribution >= 0.6 is 0 Å². The molecule has 9 nitrogen and oxygen atoms in total. The van der Waals surface area contributed by atoms with E-state index in [1.54, 1.807) is 36.4 Å². The van der Waals surface area contributed by atoms with Crippen LogP contribution in [0.4, 0.5) is 0 Å². The zero-order valence-corrected chi connectivity index (χ0v) is 22.8. The highest BCUT2D eigenvalue weighted by molar-refractivity contribution is 6.12. The van der Waals surface area contributed by atoms with Gasteiger partial charge in [-0.25, -0.2) is 14.4 Å². The summed E-state index contributed by atoms with van der Waals surface area (Å²) in [5.74, 6) is -2.40. The highest BCUT2D eigenvalue weighted by Gasteiger charge is 2.22. The first kappa shape index (κ1) is 27.8. The number of fused-ring (bicyclic) bond motifs is 2. The Morgan fingerprint density at radius 1 is 0.455 bits per heavy atom. The van der Waals surface area contributed by atoms with Crippen molar-refractivity contribution >= 4 is 39.5 Å². The number of hydrogen-bond donors (Lipinski definition) is 3. The quantitative estimate of drug-likeness (QED) is 0.110. The van der Waals surface area contributed by atoms with E-state index in [1.165, 1.54) is 78.9 Å². The fourth-order valence-corrected chi connectivity index (χ4v) is 4.74. The Morgan fingerprint density at radius 3 is 1.45 bits per heavy atom. The van der Waals surface area contributed by atoms with E-state index in [2.05, 4.69) is 0 Å². The van der Waals surface area contributed by atoms with Gasteiger partial charge in [-0.1, -0.05) is 42.5 Å². The second-order valence-electron chi connectivity index (χ2n) is 9.73. The molecule has 0 saturated heterocycles. The molecule has 0 aromatic heterocycles. The Morgan fingerprint density at radius 2 is 0.909 bits per heavy atom. The lowest BCUT2D eigenvalue weighted by Crippen LogP contribution is -2.11. The molecule has 3 N–H and O–H groups in total. The summed E-state index contributed by atoms with van der Waals surface area (Å²) in [4.78, 5) is 39.4. The van der Waals surface area contributed by atoms with Crippen molar-refractivity contribution in [3.8, 4) is 34.5 Å². The third-order valence-corrected chi connectivity index (χ3v) is 6.74. The van der Waals surface area contributed by atoms with E-state index in [1.807, 2.05) is 0 Å². The minimum Gasteiger partial charge on any atom is -0.508 e. The van der Waals surface area contributed by atoms with Gasteiger partial charge in [0.2, 0.25) is 0 Å². The number of phenols is 3. The topological polar surface area (TPSA) is 140 Å². The normalized spacial score (nSPS) is 10.8. The molecule has 0 heterocycles. The number of benzene rings is 6. The third kappa shape index (κ3) is 5.57. The molecule has 0 radical (unpaired) electrons. The summed E-state index contributed by atoms with van der Waals surface area (Å²) in [6.45, 7) is 0. The molecule has 9 heteroatoms. The van der Waals surface area contributed by atoms with Crippen molar-refractivity contribution in [2.45, 2.75) is 0 Å². The van der Waals surface area contributed by atoms with Gasteiger partial charge in [0, 0.05) is 10.8 Å². The summed E-state index contributed by atoms with van der Waals surface area (Å²) >= 11 is 0. The highest BCUT2D eigenvalue weighted by Crippen LogP contribution is 2.43. The third-order valence-electron chi connectivity index (χ3n) is 6.74. The van der Waals surface area contributed by atoms with Gasteiger partial charge in [-0.2, -0.15) is 0 Å². The smallest absolute Gasteiger partial charge is 0.343 e. The summed E-state index contributed by atoms with van der Waals surface area (Å²) in [5, 5.41) is 31.1. The molecule has 0 fully saturated rings. The van der Waals surface area contributed by atoms with E-state index in [0.29, 0.717) is 16.2 Å². The second-order valence-corrected chi connectivity index (χ2v) is 9.73. The van der Waals surface area contributed by atoms with E-state index in [4.69, 9.17) is 14.2 Å². The van der Waals surface area contributed by atoms with Crippen LogP contribution in [0.25, 0.3) is 21.5 Å². The molecular formula is C35H22O9. The Hall–Kier alpha value is -6.35. The highest BCUT2D eigenvalue weighted by atomic mass is 16.5. The van der Waals surface area contributed by atoms with E-state index in [-0.39, 0.29) is 56.6 Å². The Kier molecular flexibility index (Phi) is 7.26. The van der Waals surface area contributed by atoms with Crippen LogP contribution in [0.15, 0.2) is 115 Å². The number of carbonyl (C=O) groups excluding carboxylic acids is 3. The van der Waals surface area contributed by atoms with Crippen molar-refractivity contribution in [2.24, 2.45) is 0 Å². The maximum absolute atomic E-state index is 13.3. The zero-order chi connectivity index (χ0) is 30.8. The zero-order valence-electron chi connectivity index (χ0n) is 22.8. The molecule has 216 valence electrons. The van der Waals surface area contributed by atoms with Crippen LogP contribution in [0.2, 0.25) is 0 Å². The lowest BCUT2D eigenvalue weighted by atomic mass is 10.0. The van der Waals surface area contributed by atoms with Crippen molar-refractivity contribution in [3.05, 3.63) is 132 Å². The first-order valence-electron chi connectivity index (χ1n) is 13.3. The van der Waals surface area contributed by atoms with Gasteiger partial charge in [0.15, 0.2) is 5.75 Å². The maximum atomic E-state index is 13.3. The molecule has 6 aromatic rings. The monoisotopic (exact) mass is 586 g/mol. The largest absolute Gasteiger partial charge is 0.508 e. The summed E-state index contributed by atoms with van der Waals surface area (Å²) in [6.07, 6.45) is 0. The molecule has 6 aromatic carbocycles. The summed E-state index contributed by atoms with van der Waals surface area (Å²) in [5.41, 5.74) is 0.289. The van der Waals surface area contributed by atoms with E-state index < -0.39 is 17.9 Å². The molecule has 0 bridgehead atoms. The van der Waals surface area contributed by atoms with Gasteiger partial charge in [0.25, 0.3) is 0 Å². The summed E-state index contributed by atoms with van der Waals surface area (Å²) < 4.78 is 17.4. The average Bonchev–Trinajstić information content (AvgIpc) is 3.01. The summed E-state index contributed by atoms with van der Waals surface area (Å²) in [7, 11) is 0. The molecule has 0 saturated carbocycles. The molecule has 0 aliphatic carbocycles. The van der Waals surface area contributed by atoms with E-state index >= 15 is 0 Å². The van der Waals surface area contributed by atoms with Gasteiger partial charge in [-0.15, -0.1) is 0 Å². The SMILES string of the molecule is O=C(Oc1cccc2c(OC(=O)c3cccc(O)c3)c3c(OC(=O)c4cccc(O)c4)cccc3cc12)c1cccc(O)c1. The van der Waals surface area contributed by atoms with Crippen molar-refractivity contribution < 1.29 is 43.9 Å². The Balaban J connectivity index is 1.51. The lowest BCUT2D eigenvalue weighted by molar-refractivity contribution is 0.0723. The molecule has 0 spiro atoms. The molecule has 0 aliphatic rings. The first-order valence-corrected chi connectivity index (χ1v) is 13.3. The van der Waals surface area contributed by atoms with Crippen LogP contribution in [0.1, 0.15) is 31.1 Å². The van der Waals surface area contributed by atoms with Gasteiger partial charge in [-0.3, -0.25) is 0 Å². The van der Waals surface area contributed by atoms with Gasteiger partial charge in [-0.05, 0) is 78.2 Å². The number of hydrogen-bond acceptors (Lipinski definition) is 9. The van der Waals surface area contributed by atoms with Gasteiger partial charge in [0.1, 0.15) is 28.7 Å². The van der Waals surface area contributed by atoms with Crippen LogP contribution < -0.4 is 14.2 Å². The molecule has 0 atom stereocenters.